The molecule has 22 heavy (non-hydrogen) atoms. The summed E-state index contributed by atoms with van der Waals surface area (Å²) in [4.78, 5) is 11.4. The van der Waals surface area contributed by atoms with Crippen molar-refractivity contribution < 1.29 is 14.6 Å². The number of nitriles is 1. The van der Waals surface area contributed by atoms with Crippen molar-refractivity contribution in [1.29, 1.82) is 5.26 Å². The van der Waals surface area contributed by atoms with Crippen LogP contribution in [0.1, 0.15) is 62.4 Å². The van der Waals surface area contributed by atoms with Crippen LogP contribution < -0.4 is 4.74 Å². The van der Waals surface area contributed by atoms with Crippen LogP contribution in [0.25, 0.3) is 0 Å². The Hall–Kier alpha value is -1.80. The van der Waals surface area contributed by atoms with E-state index < -0.39 is 0 Å². The fraction of sp³-hybridized carbons (Fsp3) is 0.529. The molecule has 1 N–H and O–H groups in total. The second kappa shape index (κ2) is 11.8. The molecule has 0 aromatic heterocycles. The van der Waals surface area contributed by atoms with Crippen molar-refractivity contribution in [2.45, 2.75) is 52.9 Å². The van der Waals surface area contributed by atoms with Gasteiger partial charge in [-0.3, -0.25) is 4.79 Å². The van der Waals surface area contributed by atoms with Gasteiger partial charge in [0.2, 0.25) is 0 Å². The SMILES string of the molecule is CCCCCOc1ccc(C(C)=O)c(O)c1CCC.N#C[S-]. The Labute approximate surface area is 138 Å². The number of carbonyl (C=O) groups excluding carboxylic acids is 1. The van der Waals surface area contributed by atoms with Crippen molar-refractivity contribution in [3.8, 4) is 16.9 Å². The minimum atomic E-state index is -0.118. The Bertz CT molecular complexity index is 509. The summed E-state index contributed by atoms with van der Waals surface area (Å²) >= 11 is 3.70. The third-order valence-electron chi connectivity index (χ3n) is 3.12. The van der Waals surface area contributed by atoms with Crippen LogP contribution >= 0.6 is 0 Å². The number of carbonyl (C=O) groups is 1. The van der Waals surface area contributed by atoms with Gasteiger partial charge in [-0.15, -0.1) is 0 Å². The molecule has 0 amide bonds. The minimum Gasteiger partial charge on any atom is -0.696 e. The number of aromatic hydroxyl groups is 1. The second-order valence-corrected chi connectivity index (χ2v) is 5.07. The Morgan fingerprint density at radius 2 is 1.95 bits per heavy atom. The van der Waals surface area contributed by atoms with Gasteiger partial charge >= 0.3 is 0 Å². The highest BCUT2D eigenvalue weighted by Crippen LogP contribution is 2.33. The summed E-state index contributed by atoms with van der Waals surface area (Å²) in [6.07, 6.45) is 4.92. The van der Waals surface area contributed by atoms with Crippen molar-refractivity contribution in [3.05, 3.63) is 23.3 Å². The number of phenols is 1. The predicted octanol–water partition coefficient (Wildman–Crippen LogP) is 4.13. The zero-order chi connectivity index (χ0) is 17.0. The van der Waals surface area contributed by atoms with Gasteiger partial charge in [-0.1, -0.05) is 38.5 Å². The van der Waals surface area contributed by atoms with Gasteiger partial charge < -0.3 is 22.5 Å². The van der Waals surface area contributed by atoms with Crippen LogP contribution in [0, 0.1) is 10.7 Å². The Morgan fingerprint density at radius 3 is 2.45 bits per heavy atom. The maximum absolute atomic E-state index is 11.4. The lowest BCUT2D eigenvalue weighted by Gasteiger charge is -2.14. The third kappa shape index (κ3) is 6.77. The monoisotopic (exact) mass is 322 g/mol. The molecule has 1 aromatic carbocycles. The van der Waals surface area contributed by atoms with Crippen molar-refractivity contribution >= 4 is 18.4 Å². The van der Waals surface area contributed by atoms with E-state index in [1.165, 1.54) is 12.3 Å². The number of hydrogen-bond donors (Lipinski definition) is 1. The fourth-order valence-electron chi connectivity index (χ4n) is 2.06. The molecule has 0 aliphatic carbocycles. The highest BCUT2D eigenvalue weighted by molar-refractivity contribution is 7.64. The first kappa shape index (κ1) is 20.2. The molecule has 0 bridgehead atoms. The zero-order valence-electron chi connectivity index (χ0n) is 13.5. The first-order chi connectivity index (χ1) is 10.5. The Morgan fingerprint density at radius 1 is 1.32 bits per heavy atom. The minimum absolute atomic E-state index is 0.0855. The van der Waals surface area contributed by atoms with Crippen LogP contribution in [0.2, 0.25) is 0 Å². The largest absolute Gasteiger partial charge is 0.696 e. The van der Waals surface area contributed by atoms with E-state index in [0.29, 0.717) is 17.9 Å². The molecule has 4 nitrogen and oxygen atoms in total. The van der Waals surface area contributed by atoms with Crippen molar-refractivity contribution in [2.24, 2.45) is 0 Å². The molecule has 0 fully saturated rings. The zero-order valence-corrected chi connectivity index (χ0v) is 14.3. The molecule has 0 aliphatic rings. The number of benzene rings is 1. The molecule has 1 rings (SSSR count). The number of nitrogens with zero attached hydrogens (tertiary/aromatic N) is 1. The van der Waals surface area contributed by atoms with Crippen LogP contribution in [0.5, 0.6) is 11.5 Å². The van der Waals surface area contributed by atoms with Gasteiger partial charge in [-0.05, 0) is 31.9 Å². The van der Waals surface area contributed by atoms with Crippen molar-refractivity contribution in [1.82, 2.24) is 0 Å². The lowest BCUT2D eigenvalue weighted by Crippen LogP contribution is -2.03. The summed E-state index contributed by atoms with van der Waals surface area (Å²) in [5.74, 6) is 0.676. The summed E-state index contributed by atoms with van der Waals surface area (Å²) in [6.45, 7) is 6.31. The molecule has 122 valence electrons. The van der Waals surface area contributed by atoms with E-state index in [4.69, 9.17) is 10.00 Å². The van der Waals surface area contributed by atoms with Crippen molar-refractivity contribution in [3.63, 3.8) is 0 Å². The van der Waals surface area contributed by atoms with Gasteiger partial charge in [0, 0.05) is 5.56 Å². The average Bonchev–Trinajstić information content (AvgIpc) is 2.47. The van der Waals surface area contributed by atoms with E-state index in [9.17, 15) is 9.90 Å². The van der Waals surface area contributed by atoms with E-state index >= 15 is 0 Å². The average molecular weight is 322 g/mol. The van der Waals surface area contributed by atoms with Gasteiger partial charge in [0.1, 0.15) is 11.5 Å². The van der Waals surface area contributed by atoms with E-state index in [-0.39, 0.29) is 11.5 Å². The summed E-state index contributed by atoms with van der Waals surface area (Å²) < 4.78 is 5.74. The predicted molar refractivity (Wildman–Crippen MR) is 90.1 cm³/mol. The van der Waals surface area contributed by atoms with Gasteiger partial charge in [0.25, 0.3) is 0 Å². The molecule has 0 saturated heterocycles. The van der Waals surface area contributed by atoms with Crippen LogP contribution in [0.15, 0.2) is 12.1 Å². The molecule has 0 atom stereocenters. The van der Waals surface area contributed by atoms with Crippen LogP contribution in [-0.2, 0) is 19.0 Å². The molecule has 0 heterocycles. The molecule has 5 heteroatoms. The maximum atomic E-state index is 11.4. The van der Waals surface area contributed by atoms with Crippen molar-refractivity contribution in [2.75, 3.05) is 6.61 Å². The lowest BCUT2D eigenvalue weighted by atomic mass is 10.0. The fourth-order valence-corrected chi connectivity index (χ4v) is 2.06. The molecule has 0 radical (unpaired) electrons. The topological polar surface area (TPSA) is 70.3 Å². The number of phenolic OH excluding ortho intramolecular Hbond substituents is 1. The Balaban J connectivity index is 0.00000135. The number of ether oxygens (including phenoxy) is 1. The van der Waals surface area contributed by atoms with Gasteiger partial charge in [0.05, 0.1) is 12.2 Å². The van der Waals surface area contributed by atoms with Gasteiger partial charge in [-0.2, -0.15) is 0 Å². The van der Waals surface area contributed by atoms with Gasteiger partial charge in [0.15, 0.2) is 5.78 Å². The smallest absolute Gasteiger partial charge is 0.163 e. The van der Waals surface area contributed by atoms with E-state index in [2.05, 4.69) is 19.6 Å². The lowest BCUT2D eigenvalue weighted by molar-refractivity contribution is 0.101. The molecule has 0 unspecified atom stereocenters. The number of unbranched alkanes of at least 4 members (excludes halogenated alkanes) is 2. The summed E-state index contributed by atoms with van der Waals surface area (Å²) in [5, 5.41) is 18.6. The highest BCUT2D eigenvalue weighted by atomic mass is 32.1. The molecular formula is C17H24NO3S-. The Kier molecular flexibility index (Phi) is 10.8. The van der Waals surface area contributed by atoms with Gasteiger partial charge in [-0.25, -0.2) is 5.26 Å². The third-order valence-corrected chi connectivity index (χ3v) is 3.12. The standard InChI is InChI=1S/C16H24O3.CHNS/c1-4-6-7-11-19-15-10-9-13(12(3)17)16(18)14(15)8-5-2;2-1-3/h9-10,18H,4-8,11H2,1-3H3;3H/p-1. The number of ketones is 1. The maximum Gasteiger partial charge on any atom is 0.163 e. The number of thiocyanates is 1. The summed E-state index contributed by atoms with van der Waals surface area (Å²) in [5.41, 5.74) is 1.14. The molecule has 0 aliphatic heterocycles. The molecule has 1 aromatic rings. The first-order valence-electron chi connectivity index (χ1n) is 7.53. The second-order valence-electron chi connectivity index (χ2n) is 4.89. The summed E-state index contributed by atoms with van der Waals surface area (Å²) in [6, 6.07) is 3.44. The highest BCUT2D eigenvalue weighted by Gasteiger charge is 2.15. The van der Waals surface area contributed by atoms with Crippen LogP contribution in [-0.4, -0.2) is 17.5 Å². The van der Waals surface area contributed by atoms with E-state index in [0.717, 1.165) is 37.7 Å². The molecular weight excluding hydrogens is 298 g/mol. The first-order valence-corrected chi connectivity index (χ1v) is 7.93. The summed E-state index contributed by atoms with van der Waals surface area (Å²) in [7, 11) is 0. The number of Topliss-reactive ketones (excluding diaryl/α,β-unsaturated/α-hetero) is 1. The number of rotatable bonds is 8. The number of hydrogen-bond acceptors (Lipinski definition) is 5. The van der Waals surface area contributed by atoms with E-state index in [1.54, 1.807) is 12.1 Å². The van der Waals surface area contributed by atoms with E-state index in [1.807, 2.05) is 6.92 Å². The van der Waals surface area contributed by atoms with Crippen LogP contribution in [0.3, 0.4) is 0 Å². The molecule has 0 spiro atoms. The van der Waals surface area contributed by atoms with Crippen LogP contribution in [0.4, 0.5) is 0 Å². The molecule has 0 saturated carbocycles. The normalized spacial score (nSPS) is 9.36. The quantitative estimate of drug-likeness (QED) is 0.337.